The highest BCUT2D eigenvalue weighted by atomic mass is 35.5. The molecule has 7 nitrogen and oxygen atoms in total. The average molecular weight is 443 g/mol. The fourth-order valence-corrected chi connectivity index (χ4v) is 3.38. The summed E-state index contributed by atoms with van der Waals surface area (Å²) in [5.41, 5.74) is 1.72. The van der Waals surface area contributed by atoms with Gasteiger partial charge in [0.2, 0.25) is 0 Å². The molecule has 3 amide bonds. The first kappa shape index (κ1) is 22.5. The summed E-state index contributed by atoms with van der Waals surface area (Å²) < 4.78 is 5.26. The molecular weight excluding hydrogens is 420 g/mol. The molecule has 1 heterocycles. The van der Waals surface area contributed by atoms with Crippen LogP contribution in [0.2, 0.25) is 5.02 Å². The number of fused-ring (bicyclic) bond motifs is 1. The van der Waals surface area contributed by atoms with Crippen LogP contribution in [-0.4, -0.2) is 41.2 Å². The number of hydrogen-bond acceptors (Lipinski definition) is 5. The molecule has 0 aromatic heterocycles. The van der Waals surface area contributed by atoms with Gasteiger partial charge in [0.1, 0.15) is 0 Å². The fraction of sp³-hybridized carbons (Fsp3) is 0.304. The van der Waals surface area contributed by atoms with E-state index >= 15 is 0 Å². The lowest BCUT2D eigenvalue weighted by molar-refractivity contribution is -0.123. The molecule has 0 fully saturated rings. The van der Waals surface area contributed by atoms with Crippen molar-refractivity contribution in [1.29, 1.82) is 0 Å². The molecule has 1 aliphatic rings. The average Bonchev–Trinajstić information content (AvgIpc) is 2.95. The lowest BCUT2D eigenvalue weighted by atomic mass is 10.1. The molecule has 0 spiro atoms. The number of nitrogens with zero attached hydrogens (tertiary/aromatic N) is 1. The molecule has 0 saturated carbocycles. The number of rotatable bonds is 6. The number of nitrogens with one attached hydrogen (secondary N) is 1. The predicted octanol–water partition coefficient (Wildman–Crippen LogP) is 4.08. The van der Waals surface area contributed by atoms with Crippen molar-refractivity contribution < 1.29 is 23.9 Å². The third-order valence-corrected chi connectivity index (χ3v) is 5.34. The highest BCUT2D eigenvalue weighted by Crippen LogP contribution is 2.26. The van der Waals surface area contributed by atoms with Gasteiger partial charge < -0.3 is 10.1 Å². The SMILES string of the molecule is Cc1c(Cl)cccc1NC(=O)C(C)OC(=O)c1ccc2c(c1)C(=O)N(CC(C)C)C2=O. The Morgan fingerprint density at radius 3 is 2.42 bits per heavy atom. The molecule has 3 rings (SSSR count). The second kappa shape index (κ2) is 8.89. The van der Waals surface area contributed by atoms with Gasteiger partial charge in [-0.1, -0.05) is 31.5 Å². The monoisotopic (exact) mass is 442 g/mol. The Morgan fingerprint density at radius 1 is 1.06 bits per heavy atom. The van der Waals surface area contributed by atoms with E-state index in [1.54, 1.807) is 25.1 Å². The molecule has 0 aliphatic carbocycles. The fourth-order valence-electron chi connectivity index (χ4n) is 3.21. The number of carbonyl (C=O) groups is 4. The van der Waals surface area contributed by atoms with Gasteiger partial charge in [-0.25, -0.2) is 4.79 Å². The largest absolute Gasteiger partial charge is 0.449 e. The van der Waals surface area contributed by atoms with Crippen LogP contribution in [0, 0.1) is 12.8 Å². The van der Waals surface area contributed by atoms with Gasteiger partial charge in [-0.05, 0) is 55.7 Å². The van der Waals surface area contributed by atoms with Gasteiger partial charge in [0.25, 0.3) is 17.7 Å². The summed E-state index contributed by atoms with van der Waals surface area (Å²) in [6.07, 6.45) is -1.09. The number of benzene rings is 2. The van der Waals surface area contributed by atoms with E-state index in [4.69, 9.17) is 16.3 Å². The Morgan fingerprint density at radius 2 is 1.74 bits per heavy atom. The van der Waals surface area contributed by atoms with E-state index in [9.17, 15) is 19.2 Å². The highest BCUT2D eigenvalue weighted by Gasteiger charge is 2.36. The molecule has 8 heteroatoms. The number of carbonyl (C=O) groups excluding carboxylic acids is 4. The highest BCUT2D eigenvalue weighted by molar-refractivity contribution is 6.31. The van der Waals surface area contributed by atoms with Crippen LogP contribution in [0.5, 0.6) is 0 Å². The molecule has 1 N–H and O–H groups in total. The molecule has 2 aromatic carbocycles. The lowest BCUT2D eigenvalue weighted by Crippen LogP contribution is -2.33. The molecule has 2 aromatic rings. The van der Waals surface area contributed by atoms with Gasteiger partial charge in [0.15, 0.2) is 6.10 Å². The second-order valence-corrected chi connectivity index (χ2v) is 8.23. The van der Waals surface area contributed by atoms with Crippen molar-refractivity contribution in [3.63, 3.8) is 0 Å². The standard InChI is InChI=1S/C23H23ClN2O5/c1-12(2)11-26-21(28)16-9-8-15(10-17(16)22(26)29)23(30)31-14(4)20(27)25-19-7-5-6-18(24)13(19)3/h5-10,12,14H,11H2,1-4H3,(H,25,27). The first-order valence-corrected chi connectivity index (χ1v) is 10.2. The molecular formula is C23H23ClN2O5. The van der Waals surface area contributed by atoms with E-state index in [2.05, 4.69) is 5.32 Å². The summed E-state index contributed by atoms with van der Waals surface area (Å²) in [4.78, 5) is 51.2. The Balaban J connectivity index is 1.71. The normalized spacial score (nSPS) is 13.9. The molecule has 1 unspecified atom stereocenters. The van der Waals surface area contributed by atoms with Crippen LogP contribution in [0.25, 0.3) is 0 Å². The third kappa shape index (κ3) is 4.61. The van der Waals surface area contributed by atoms with Crippen LogP contribution >= 0.6 is 11.6 Å². The van der Waals surface area contributed by atoms with E-state index in [1.165, 1.54) is 30.0 Å². The van der Waals surface area contributed by atoms with Gasteiger partial charge >= 0.3 is 5.97 Å². The van der Waals surface area contributed by atoms with Gasteiger partial charge in [-0.2, -0.15) is 0 Å². The van der Waals surface area contributed by atoms with E-state index in [0.29, 0.717) is 22.8 Å². The summed E-state index contributed by atoms with van der Waals surface area (Å²) in [5.74, 6) is -1.98. The van der Waals surface area contributed by atoms with Crippen LogP contribution in [-0.2, 0) is 9.53 Å². The molecule has 0 bridgehead atoms. The van der Waals surface area contributed by atoms with Crippen LogP contribution in [0.15, 0.2) is 36.4 Å². The zero-order chi connectivity index (χ0) is 22.9. The van der Waals surface area contributed by atoms with Crippen molar-refractivity contribution in [2.75, 3.05) is 11.9 Å². The number of anilines is 1. The van der Waals surface area contributed by atoms with Crippen molar-refractivity contribution in [3.05, 3.63) is 63.7 Å². The first-order chi connectivity index (χ1) is 14.6. The van der Waals surface area contributed by atoms with Gasteiger partial charge in [-0.15, -0.1) is 0 Å². The summed E-state index contributed by atoms with van der Waals surface area (Å²) in [6.45, 7) is 7.32. The van der Waals surface area contributed by atoms with Crippen molar-refractivity contribution in [1.82, 2.24) is 4.90 Å². The Labute approximate surface area is 185 Å². The minimum absolute atomic E-state index is 0.0879. The maximum absolute atomic E-state index is 12.6. The molecule has 0 saturated heterocycles. The Hall–Kier alpha value is -3.19. The minimum atomic E-state index is -1.09. The molecule has 1 aliphatic heterocycles. The van der Waals surface area contributed by atoms with Crippen molar-refractivity contribution >= 4 is 41.0 Å². The third-order valence-electron chi connectivity index (χ3n) is 4.93. The van der Waals surface area contributed by atoms with E-state index in [1.807, 2.05) is 13.8 Å². The number of imide groups is 1. The van der Waals surface area contributed by atoms with Gasteiger partial charge in [0.05, 0.1) is 16.7 Å². The van der Waals surface area contributed by atoms with E-state index in [-0.39, 0.29) is 28.5 Å². The first-order valence-electron chi connectivity index (χ1n) is 9.87. The minimum Gasteiger partial charge on any atom is -0.449 e. The summed E-state index contributed by atoms with van der Waals surface area (Å²) >= 11 is 6.06. The summed E-state index contributed by atoms with van der Waals surface area (Å²) in [7, 11) is 0. The zero-order valence-corrected chi connectivity index (χ0v) is 18.4. The Kier molecular flexibility index (Phi) is 6.45. The van der Waals surface area contributed by atoms with E-state index < -0.39 is 23.9 Å². The van der Waals surface area contributed by atoms with Crippen molar-refractivity contribution in [3.8, 4) is 0 Å². The zero-order valence-electron chi connectivity index (χ0n) is 17.7. The molecule has 31 heavy (non-hydrogen) atoms. The number of esters is 1. The number of ether oxygens (including phenoxy) is 1. The van der Waals surface area contributed by atoms with Crippen LogP contribution in [0.3, 0.4) is 0 Å². The lowest BCUT2D eigenvalue weighted by Gasteiger charge is -2.15. The number of halogens is 1. The smallest absolute Gasteiger partial charge is 0.338 e. The topological polar surface area (TPSA) is 92.8 Å². The number of hydrogen-bond donors (Lipinski definition) is 1. The predicted molar refractivity (Wildman–Crippen MR) is 116 cm³/mol. The van der Waals surface area contributed by atoms with Crippen LogP contribution in [0.4, 0.5) is 5.69 Å². The van der Waals surface area contributed by atoms with Crippen LogP contribution in [0.1, 0.15) is 57.4 Å². The van der Waals surface area contributed by atoms with Gasteiger partial charge in [-0.3, -0.25) is 19.3 Å². The maximum Gasteiger partial charge on any atom is 0.338 e. The van der Waals surface area contributed by atoms with E-state index in [0.717, 1.165) is 0 Å². The van der Waals surface area contributed by atoms with Crippen LogP contribution < -0.4 is 5.32 Å². The Bertz CT molecular complexity index is 1080. The maximum atomic E-state index is 12.6. The molecule has 1 atom stereocenters. The molecule has 0 radical (unpaired) electrons. The quantitative estimate of drug-likeness (QED) is 0.537. The molecule has 162 valence electrons. The van der Waals surface area contributed by atoms with Crippen molar-refractivity contribution in [2.45, 2.75) is 33.8 Å². The van der Waals surface area contributed by atoms with Crippen molar-refractivity contribution in [2.24, 2.45) is 5.92 Å². The van der Waals surface area contributed by atoms with Gasteiger partial charge in [0, 0.05) is 17.3 Å². The number of amides is 3. The summed E-state index contributed by atoms with van der Waals surface area (Å²) in [5, 5.41) is 3.19. The summed E-state index contributed by atoms with van der Waals surface area (Å²) in [6, 6.07) is 9.29. The second-order valence-electron chi connectivity index (χ2n) is 7.82.